The van der Waals surface area contributed by atoms with Gasteiger partial charge in [0, 0.05) is 14.5 Å². The Kier molecular flexibility index (Phi) is 6.12. The molecule has 0 heterocycles. The van der Waals surface area contributed by atoms with Crippen LogP contribution in [0.5, 0.6) is 0 Å². The fourth-order valence-electron chi connectivity index (χ4n) is 2.28. The van der Waals surface area contributed by atoms with Crippen molar-refractivity contribution in [2.75, 3.05) is 6.54 Å². The van der Waals surface area contributed by atoms with Crippen molar-refractivity contribution in [2.24, 2.45) is 0 Å². The lowest BCUT2D eigenvalue weighted by Crippen LogP contribution is -2.24. The predicted molar refractivity (Wildman–Crippen MR) is 95.5 cm³/mol. The van der Waals surface area contributed by atoms with Crippen molar-refractivity contribution in [1.82, 2.24) is 5.32 Å². The van der Waals surface area contributed by atoms with Crippen molar-refractivity contribution in [1.29, 1.82) is 0 Å². The number of halogens is 3. The van der Waals surface area contributed by atoms with Crippen LogP contribution in [0.2, 0.25) is 10.0 Å². The van der Waals surface area contributed by atoms with E-state index < -0.39 is 0 Å². The highest BCUT2D eigenvalue weighted by molar-refractivity contribution is 9.10. The van der Waals surface area contributed by atoms with Gasteiger partial charge in [0.15, 0.2) is 0 Å². The molecule has 0 fully saturated rings. The number of benzene rings is 2. The van der Waals surface area contributed by atoms with Gasteiger partial charge >= 0.3 is 0 Å². The first-order valence-electron chi connectivity index (χ1n) is 6.97. The Balaban J connectivity index is 2.46. The fraction of sp³-hybridized carbons (Fsp3) is 0.294. The van der Waals surface area contributed by atoms with Gasteiger partial charge in [0.25, 0.3) is 0 Å². The van der Waals surface area contributed by atoms with Gasteiger partial charge in [-0.05, 0) is 54.8 Å². The van der Waals surface area contributed by atoms with Gasteiger partial charge in [-0.3, -0.25) is 0 Å². The summed E-state index contributed by atoms with van der Waals surface area (Å²) in [6, 6.07) is 12.1. The lowest BCUT2D eigenvalue weighted by Gasteiger charge is -2.22. The molecule has 0 saturated heterocycles. The molecule has 0 aliphatic rings. The van der Waals surface area contributed by atoms with Crippen molar-refractivity contribution < 1.29 is 0 Å². The van der Waals surface area contributed by atoms with Crippen molar-refractivity contribution in [2.45, 2.75) is 26.3 Å². The van der Waals surface area contributed by atoms with Crippen LogP contribution in [-0.4, -0.2) is 6.54 Å². The summed E-state index contributed by atoms with van der Waals surface area (Å²) in [4.78, 5) is 0. The van der Waals surface area contributed by atoms with Gasteiger partial charge in [0.2, 0.25) is 0 Å². The Bertz CT molecular complexity index is 577. The van der Waals surface area contributed by atoms with E-state index in [4.69, 9.17) is 23.2 Å². The highest BCUT2D eigenvalue weighted by Gasteiger charge is 2.19. The van der Waals surface area contributed by atoms with E-state index >= 15 is 0 Å². The Hall–Kier alpha value is -0.540. The van der Waals surface area contributed by atoms with Crippen LogP contribution < -0.4 is 5.32 Å². The van der Waals surface area contributed by atoms with Crippen LogP contribution >= 0.6 is 39.1 Å². The largest absolute Gasteiger partial charge is 0.306 e. The van der Waals surface area contributed by atoms with Crippen LogP contribution in [0.15, 0.2) is 40.9 Å². The van der Waals surface area contributed by atoms with Gasteiger partial charge in [0.1, 0.15) is 0 Å². The van der Waals surface area contributed by atoms with E-state index in [-0.39, 0.29) is 6.04 Å². The molecule has 1 atom stereocenters. The van der Waals surface area contributed by atoms with Crippen LogP contribution in [0, 0.1) is 6.92 Å². The molecule has 112 valence electrons. The number of aryl methyl sites for hydroxylation is 1. The summed E-state index contributed by atoms with van der Waals surface area (Å²) >= 11 is 16.1. The summed E-state index contributed by atoms with van der Waals surface area (Å²) in [5.74, 6) is 0. The minimum absolute atomic E-state index is 0.0460. The zero-order chi connectivity index (χ0) is 15.4. The first-order chi connectivity index (χ1) is 10.0. The number of hydrogen-bond acceptors (Lipinski definition) is 1. The maximum Gasteiger partial charge on any atom is 0.0602 e. The second-order valence-corrected chi connectivity index (χ2v) is 6.78. The monoisotopic (exact) mass is 385 g/mol. The third-order valence-corrected chi connectivity index (χ3v) is 4.59. The summed E-state index contributed by atoms with van der Waals surface area (Å²) < 4.78 is 1.09. The molecule has 0 aromatic heterocycles. The topological polar surface area (TPSA) is 12.0 Å². The van der Waals surface area contributed by atoms with Crippen LogP contribution in [0.1, 0.15) is 36.1 Å². The lowest BCUT2D eigenvalue weighted by molar-refractivity contribution is 0.597. The molecule has 1 unspecified atom stereocenters. The number of nitrogens with one attached hydrogen (secondary N) is 1. The Labute approximate surface area is 144 Å². The standard InChI is InChI=1S/C17H18BrCl2N/c1-3-8-21-17(13-6-4-11(2)9-15(13)18)14-7-5-12(19)10-16(14)20/h4-7,9-10,17,21H,3,8H2,1-2H3. The molecular formula is C17H18BrCl2N. The third kappa shape index (κ3) is 4.23. The van der Waals surface area contributed by atoms with Crippen LogP contribution in [0.3, 0.4) is 0 Å². The van der Waals surface area contributed by atoms with Gasteiger partial charge in [-0.1, -0.05) is 64.3 Å². The summed E-state index contributed by atoms with van der Waals surface area (Å²) in [7, 11) is 0. The molecule has 0 spiro atoms. The molecule has 21 heavy (non-hydrogen) atoms. The first-order valence-corrected chi connectivity index (χ1v) is 8.52. The summed E-state index contributed by atoms with van der Waals surface area (Å²) in [6.07, 6.45) is 1.06. The van der Waals surface area contributed by atoms with E-state index in [1.54, 1.807) is 6.07 Å². The fourth-order valence-corrected chi connectivity index (χ4v) is 3.52. The normalized spacial score (nSPS) is 12.4. The zero-order valence-electron chi connectivity index (χ0n) is 12.1. The van der Waals surface area contributed by atoms with E-state index in [0.29, 0.717) is 10.0 Å². The molecule has 1 nitrogen and oxygen atoms in total. The first kappa shape index (κ1) is 16.8. The van der Waals surface area contributed by atoms with E-state index in [9.17, 15) is 0 Å². The maximum absolute atomic E-state index is 6.40. The van der Waals surface area contributed by atoms with E-state index in [1.807, 2.05) is 12.1 Å². The SMILES string of the molecule is CCCNC(c1ccc(Cl)cc1Cl)c1ccc(C)cc1Br. The van der Waals surface area contributed by atoms with Crippen molar-refractivity contribution in [3.8, 4) is 0 Å². The van der Waals surface area contributed by atoms with E-state index in [1.165, 1.54) is 11.1 Å². The smallest absolute Gasteiger partial charge is 0.0602 e. The van der Waals surface area contributed by atoms with Crippen molar-refractivity contribution in [3.05, 3.63) is 67.6 Å². The predicted octanol–water partition coefficient (Wildman–Crippen LogP) is 6.15. The minimum Gasteiger partial charge on any atom is -0.306 e. The number of hydrogen-bond donors (Lipinski definition) is 1. The van der Waals surface area contributed by atoms with Gasteiger partial charge in [-0.25, -0.2) is 0 Å². The Morgan fingerprint density at radius 3 is 2.43 bits per heavy atom. The molecule has 0 aliphatic carbocycles. The molecule has 4 heteroatoms. The van der Waals surface area contributed by atoms with E-state index in [0.717, 1.165) is 23.0 Å². The quantitative estimate of drug-likeness (QED) is 0.649. The molecule has 0 radical (unpaired) electrons. The highest BCUT2D eigenvalue weighted by atomic mass is 79.9. The van der Waals surface area contributed by atoms with Crippen molar-refractivity contribution >= 4 is 39.1 Å². The van der Waals surface area contributed by atoms with E-state index in [2.05, 4.69) is 53.3 Å². The lowest BCUT2D eigenvalue weighted by atomic mass is 9.97. The zero-order valence-corrected chi connectivity index (χ0v) is 15.2. The Morgan fingerprint density at radius 1 is 1.10 bits per heavy atom. The van der Waals surface area contributed by atoms with Crippen molar-refractivity contribution in [3.63, 3.8) is 0 Å². The third-order valence-electron chi connectivity index (χ3n) is 3.34. The van der Waals surface area contributed by atoms with Gasteiger partial charge in [-0.2, -0.15) is 0 Å². The maximum atomic E-state index is 6.40. The minimum atomic E-state index is 0.0460. The Morgan fingerprint density at radius 2 is 1.81 bits per heavy atom. The molecule has 2 aromatic carbocycles. The summed E-state index contributed by atoms with van der Waals surface area (Å²) in [5.41, 5.74) is 3.44. The molecule has 0 amide bonds. The molecule has 2 rings (SSSR count). The summed E-state index contributed by atoms with van der Waals surface area (Å²) in [6.45, 7) is 5.15. The molecule has 0 aliphatic heterocycles. The van der Waals surface area contributed by atoms with Gasteiger partial charge in [0.05, 0.1) is 6.04 Å². The molecule has 0 bridgehead atoms. The van der Waals surface area contributed by atoms with Crippen LogP contribution in [0.25, 0.3) is 0 Å². The number of rotatable bonds is 5. The highest BCUT2D eigenvalue weighted by Crippen LogP contribution is 2.34. The molecular weight excluding hydrogens is 369 g/mol. The van der Waals surface area contributed by atoms with Gasteiger partial charge in [-0.15, -0.1) is 0 Å². The molecule has 0 saturated carbocycles. The van der Waals surface area contributed by atoms with Gasteiger partial charge < -0.3 is 5.32 Å². The van der Waals surface area contributed by atoms with Crippen LogP contribution in [-0.2, 0) is 0 Å². The summed E-state index contributed by atoms with van der Waals surface area (Å²) in [5, 5.41) is 4.90. The second kappa shape index (κ2) is 7.64. The second-order valence-electron chi connectivity index (χ2n) is 5.08. The molecule has 1 N–H and O–H groups in total. The molecule has 2 aromatic rings. The average molecular weight is 387 g/mol. The van der Waals surface area contributed by atoms with Crippen LogP contribution in [0.4, 0.5) is 0 Å². The average Bonchev–Trinajstić information content (AvgIpc) is 2.42.